The van der Waals surface area contributed by atoms with Crippen LogP contribution < -0.4 is 16.0 Å². The summed E-state index contributed by atoms with van der Waals surface area (Å²) in [6, 6.07) is 12.6. The SMILES string of the molecule is CC(=O)N[C@@H](Cc1ccccc1F)C(=O)NC1CCN(C(=O)Nc2ccc(C)cc2)CC1. The van der Waals surface area contributed by atoms with Gasteiger partial charge in [0.2, 0.25) is 11.8 Å². The van der Waals surface area contributed by atoms with Gasteiger partial charge in [0.15, 0.2) is 0 Å². The number of amides is 4. The highest BCUT2D eigenvalue weighted by Gasteiger charge is 2.27. The molecule has 2 aromatic rings. The van der Waals surface area contributed by atoms with E-state index in [1.165, 1.54) is 13.0 Å². The van der Waals surface area contributed by atoms with Gasteiger partial charge < -0.3 is 20.9 Å². The molecule has 170 valence electrons. The molecule has 1 aliphatic heterocycles. The minimum atomic E-state index is -0.868. The first-order valence-electron chi connectivity index (χ1n) is 10.8. The minimum absolute atomic E-state index is 0.0654. The number of hydrogen-bond donors (Lipinski definition) is 3. The van der Waals surface area contributed by atoms with E-state index in [2.05, 4.69) is 16.0 Å². The maximum Gasteiger partial charge on any atom is 0.321 e. The van der Waals surface area contributed by atoms with Crippen molar-refractivity contribution in [2.24, 2.45) is 0 Å². The van der Waals surface area contributed by atoms with Crippen LogP contribution in [0.25, 0.3) is 0 Å². The number of anilines is 1. The molecule has 3 N–H and O–H groups in total. The van der Waals surface area contributed by atoms with Crippen LogP contribution in [0.5, 0.6) is 0 Å². The molecule has 7 nitrogen and oxygen atoms in total. The van der Waals surface area contributed by atoms with Crippen LogP contribution in [-0.2, 0) is 16.0 Å². The number of rotatable bonds is 6. The van der Waals surface area contributed by atoms with Gasteiger partial charge in [-0.25, -0.2) is 9.18 Å². The highest BCUT2D eigenvalue weighted by Crippen LogP contribution is 2.15. The Bertz CT molecular complexity index is 956. The Morgan fingerprint density at radius 1 is 1.06 bits per heavy atom. The molecule has 0 aromatic heterocycles. The van der Waals surface area contributed by atoms with Crippen molar-refractivity contribution in [2.75, 3.05) is 18.4 Å². The second-order valence-corrected chi connectivity index (χ2v) is 8.11. The first-order chi connectivity index (χ1) is 15.3. The van der Waals surface area contributed by atoms with Gasteiger partial charge in [-0.05, 0) is 43.5 Å². The molecule has 0 aliphatic carbocycles. The Morgan fingerprint density at radius 3 is 2.34 bits per heavy atom. The number of urea groups is 1. The predicted octanol–water partition coefficient (Wildman–Crippen LogP) is 2.99. The molecule has 32 heavy (non-hydrogen) atoms. The summed E-state index contributed by atoms with van der Waals surface area (Å²) in [5.41, 5.74) is 2.22. The summed E-state index contributed by atoms with van der Waals surface area (Å²) in [6.07, 6.45) is 1.26. The van der Waals surface area contributed by atoms with Gasteiger partial charge in [-0.3, -0.25) is 9.59 Å². The average Bonchev–Trinajstić information content (AvgIpc) is 2.76. The number of carbonyl (C=O) groups is 3. The number of halogens is 1. The molecule has 1 heterocycles. The number of aryl methyl sites for hydroxylation is 1. The van der Waals surface area contributed by atoms with E-state index in [4.69, 9.17) is 0 Å². The largest absolute Gasteiger partial charge is 0.351 e. The van der Waals surface area contributed by atoms with E-state index in [9.17, 15) is 18.8 Å². The molecule has 0 bridgehead atoms. The fourth-order valence-corrected chi connectivity index (χ4v) is 3.71. The summed E-state index contributed by atoms with van der Waals surface area (Å²) in [4.78, 5) is 38.6. The summed E-state index contributed by atoms with van der Waals surface area (Å²) in [6.45, 7) is 4.31. The second kappa shape index (κ2) is 10.7. The predicted molar refractivity (Wildman–Crippen MR) is 121 cm³/mol. The maximum atomic E-state index is 14.0. The summed E-state index contributed by atoms with van der Waals surface area (Å²) < 4.78 is 14.0. The zero-order valence-electron chi connectivity index (χ0n) is 18.4. The lowest BCUT2D eigenvalue weighted by Crippen LogP contribution is -2.53. The monoisotopic (exact) mass is 440 g/mol. The lowest BCUT2D eigenvalue weighted by molar-refractivity contribution is -0.128. The van der Waals surface area contributed by atoms with Gasteiger partial charge in [0.05, 0.1) is 0 Å². The van der Waals surface area contributed by atoms with Crippen LogP contribution >= 0.6 is 0 Å². The molecule has 8 heteroatoms. The van der Waals surface area contributed by atoms with Crippen molar-refractivity contribution in [2.45, 2.75) is 45.2 Å². The topological polar surface area (TPSA) is 90.5 Å². The fraction of sp³-hybridized carbons (Fsp3) is 0.375. The summed E-state index contributed by atoms with van der Waals surface area (Å²) in [5, 5.41) is 8.44. The molecular weight excluding hydrogens is 411 g/mol. The Balaban J connectivity index is 1.52. The minimum Gasteiger partial charge on any atom is -0.351 e. The fourth-order valence-electron chi connectivity index (χ4n) is 3.71. The third-order valence-corrected chi connectivity index (χ3v) is 5.51. The molecule has 1 atom stereocenters. The van der Waals surface area contributed by atoms with E-state index in [0.717, 1.165) is 11.3 Å². The molecular formula is C24H29FN4O3. The van der Waals surface area contributed by atoms with Crippen LogP contribution in [0, 0.1) is 12.7 Å². The lowest BCUT2D eigenvalue weighted by atomic mass is 10.0. The third-order valence-electron chi connectivity index (χ3n) is 5.51. The van der Waals surface area contributed by atoms with E-state index in [0.29, 0.717) is 31.5 Å². The first kappa shape index (κ1) is 23.2. The number of benzene rings is 2. The Labute approximate surface area is 187 Å². The molecule has 0 radical (unpaired) electrons. The normalized spacial score (nSPS) is 15.0. The highest BCUT2D eigenvalue weighted by atomic mass is 19.1. The zero-order chi connectivity index (χ0) is 23.1. The molecule has 1 aliphatic rings. The number of likely N-dealkylation sites (tertiary alicyclic amines) is 1. The smallest absolute Gasteiger partial charge is 0.321 e. The molecule has 3 rings (SSSR count). The van der Waals surface area contributed by atoms with E-state index >= 15 is 0 Å². The average molecular weight is 441 g/mol. The summed E-state index contributed by atoms with van der Waals surface area (Å²) >= 11 is 0. The van der Waals surface area contributed by atoms with E-state index in [1.807, 2.05) is 31.2 Å². The number of carbonyl (C=O) groups excluding carboxylic acids is 3. The molecule has 0 unspecified atom stereocenters. The number of nitrogens with zero attached hydrogens (tertiary/aromatic N) is 1. The quantitative estimate of drug-likeness (QED) is 0.645. The molecule has 0 saturated carbocycles. The van der Waals surface area contributed by atoms with Crippen LogP contribution in [-0.4, -0.2) is 47.9 Å². The van der Waals surface area contributed by atoms with Gasteiger partial charge >= 0.3 is 6.03 Å². The molecule has 0 spiro atoms. The van der Waals surface area contributed by atoms with E-state index < -0.39 is 11.9 Å². The van der Waals surface area contributed by atoms with Crippen molar-refractivity contribution in [1.82, 2.24) is 15.5 Å². The molecule has 4 amide bonds. The van der Waals surface area contributed by atoms with Crippen LogP contribution in [0.4, 0.5) is 14.9 Å². The van der Waals surface area contributed by atoms with E-state index in [-0.39, 0.29) is 30.3 Å². The standard InChI is InChI=1S/C24H29FN4O3/c1-16-7-9-19(10-8-16)28-24(32)29-13-11-20(12-14-29)27-23(31)22(26-17(2)30)15-18-5-3-4-6-21(18)25/h3-10,20,22H,11-15H2,1-2H3,(H,26,30)(H,27,31)(H,28,32)/t22-/m0/s1. The number of nitrogens with one attached hydrogen (secondary N) is 3. The number of piperidine rings is 1. The Hall–Kier alpha value is -3.42. The van der Waals surface area contributed by atoms with Crippen LogP contribution in [0.15, 0.2) is 48.5 Å². The van der Waals surface area contributed by atoms with Gasteiger partial charge in [0, 0.05) is 38.2 Å². The Kier molecular flexibility index (Phi) is 7.81. The van der Waals surface area contributed by atoms with Crippen molar-refractivity contribution < 1.29 is 18.8 Å². The highest BCUT2D eigenvalue weighted by molar-refractivity contribution is 5.89. The van der Waals surface area contributed by atoms with Gasteiger partial charge in [-0.1, -0.05) is 35.9 Å². The number of hydrogen-bond acceptors (Lipinski definition) is 3. The van der Waals surface area contributed by atoms with Gasteiger partial charge in [-0.2, -0.15) is 0 Å². The maximum absolute atomic E-state index is 14.0. The van der Waals surface area contributed by atoms with Crippen molar-refractivity contribution in [1.29, 1.82) is 0 Å². The van der Waals surface area contributed by atoms with E-state index in [1.54, 1.807) is 23.1 Å². The second-order valence-electron chi connectivity index (χ2n) is 8.11. The third kappa shape index (κ3) is 6.54. The van der Waals surface area contributed by atoms with Gasteiger partial charge in [-0.15, -0.1) is 0 Å². The van der Waals surface area contributed by atoms with Crippen LogP contribution in [0.3, 0.4) is 0 Å². The van der Waals surface area contributed by atoms with Crippen molar-refractivity contribution in [3.05, 3.63) is 65.5 Å². The summed E-state index contributed by atoms with van der Waals surface area (Å²) in [7, 11) is 0. The van der Waals surface area contributed by atoms with Crippen LogP contribution in [0.2, 0.25) is 0 Å². The van der Waals surface area contributed by atoms with Crippen molar-refractivity contribution >= 4 is 23.5 Å². The summed E-state index contributed by atoms with van der Waals surface area (Å²) in [5.74, 6) is -1.13. The van der Waals surface area contributed by atoms with Crippen LogP contribution in [0.1, 0.15) is 30.9 Å². The zero-order valence-corrected chi connectivity index (χ0v) is 18.4. The van der Waals surface area contributed by atoms with Gasteiger partial charge in [0.1, 0.15) is 11.9 Å². The lowest BCUT2D eigenvalue weighted by Gasteiger charge is -2.33. The Morgan fingerprint density at radius 2 is 1.72 bits per heavy atom. The molecule has 1 saturated heterocycles. The van der Waals surface area contributed by atoms with Gasteiger partial charge in [0.25, 0.3) is 0 Å². The first-order valence-corrected chi connectivity index (χ1v) is 10.8. The van der Waals surface area contributed by atoms with Crippen molar-refractivity contribution in [3.63, 3.8) is 0 Å². The molecule has 2 aromatic carbocycles. The van der Waals surface area contributed by atoms with Crippen molar-refractivity contribution in [3.8, 4) is 0 Å². The molecule has 1 fully saturated rings.